The predicted molar refractivity (Wildman–Crippen MR) is 66.2 cm³/mol. The van der Waals surface area contributed by atoms with Crippen LogP contribution in [0.4, 0.5) is 0 Å². The van der Waals surface area contributed by atoms with Crippen LogP contribution < -0.4 is 5.32 Å². The Morgan fingerprint density at radius 3 is 2.38 bits per heavy atom. The maximum Gasteiger partial charge on any atom is 0.139 e. The molecule has 0 aromatic carbocycles. The van der Waals surface area contributed by atoms with Crippen LogP contribution in [-0.2, 0) is 4.79 Å². The highest BCUT2D eigenvalue weighted by Gasteiger charge is 2.35. The molecule has 4 unspecified atom stereocenters. The van der Waals surface area contributed by atoms with Crippen molar-refractivity contribution in [2.24, 2.45) is 29.6 Å². The molecule has 1 heterocycles. The van der Waals surface area contributed by atoms with E-state index in [-0.39, 0.29) is 5.92 Å². The first-order chi connectivity index (χ1) is 7.59. The molecule has 4 atom stereocenters. The molecule has 0 spiro atoms. The number of hydrogen-bond acceptors (Lipinski definition) is 2. The third-order valence-corrected chi connectivity index (χ3v) is 4.97. The molecular weight excluding hydrogens is 198 g/mol. The summed E-state index contributed by atoms with van der Waals surface area (Å²) < 4.78 is 0. The topological polar surface area (TPSA) is 29.1 Å². The van der Waals surface area contributed by atoms with Crippen LogP contribution in [0.1, 0.15) is 40.0 Å². The minimum absolute atomic E-state index is 0.284. The van der Waals surface area contributed by atoms with E-state index in [2.05, 4.69) is 26.1 Å². The summed E-state index contributed by atoms with van der Waals surface area (Å²) in [7, 11) is 0. The minimum Gasteiger partial charge on any atom is -0.316 e. The summed E-state index contributed by atoms with van der Waals surface area (Å²) in [4.78, 5) is 12.4. The number of carbonyl (C=O) groups is 1. The lowest BCUT2D eigenvalue weighted by Crippen LogP contribution is -2.48. The lowest BCUT2D eigenvalue weighted by atomic mass is 9.70. The zero-order valence-electron chi connectivity index (χ0n) is 10.8. The number of ketones is 1. The van der Waals surface area contributed by atoms with Crippen molar-refractivity contribution >= 4 is 5.78 Å². The van der Waals surface area contributed by atoms with E-state index in [9.17, 15) is 4.79 Å². The van der Waals surface area contributed by atoms with Gasteiger partial charge in [0.05, 0.1) is 0 Å². The average molecular weight is 223 g/mol. The fourth-order valence-corrected chi connectivity index (χ4v) is 3.07. The van der Waals surface area contributed by atoms with E-state index in [4.69, 9.17) is 0 Å². The van der Waals surface area contributed by atoms with Crippen molar-refractivity contribution in [1.82, 2.24) is 5.32 Å². The van der Waals surface area contributed by atoms with E-state index < -0.39 is 0 Å². The van der Waals surface area contributed by atoms with Gasteiger partial charge in [-0.25, -0.2) is 0 Å². The Morgan fingerprint density at radius 1 is 1.19 bits per heavy atom. The summed E-state index contributed by atoms with van der Waals surface area (Å²) in [6.45, 7) is 8.86. The lowest BCUT2D eigenvalue weighted by Gasteiger charge is -2.37. The van der Waals surface area contributed by atoms with E-state index in [0.29, 0.717) is 17.6 Å². The average Bonchev–Trinajstić information content (AvgIpc) is 2.18. The van der Waals surface area contributed by atoms with Crippen molar-refractivity contribution in [2.75, 3.05) is 13.1 Å². The number of rotatable bonds is 3. The second-order valence-corrected chi connectivity index (χ2v) is 6.07. The van der Waals surface area contributed by atoms with Crippen molar-refractivity contribution in [3.63, 3.8) is 0 Å². The molecule has 0 radical (unpaired) electrons. The van der Waals surface area contributed by atoms with Gasteiger partial charge in [-0.05, 0) is 50.1 Å². The first-order valence-electron chi connectivity index (χ1n) is 6.84. The Morgan fingerprint density at radius 2 is 1.88 bits per heavy atom. The second kappa shape index (κ2) is 4.87. The summed E-state index contributed by atoms with van der Waals surface area (Å²) in [5.74, 6) is 3.35. The van der Waals surface area contributed by atoms with Gasteiger partial charge in [-0.3, -0.25) is 4.79 Å². The van der Waals surface area contributed by atoms with Gasteiger partial charge in [-0.15, -0.1) is 0 Å². The summed E-state index contributed by atoms with van der Waals surface area (Å²) in [5.41, 5.74) is 0. The first kappa shape index (κ1) is 12.1. The predicted octanol–water partition coefficient (Wildman–Crippen LogP) is 2.48. The number of hydrogen-bond donors (Lipinski definition) is 1. The van der Waals surface area contributed by atoms with Gasteiger partial charge in [0.25, 0.3) is 0 Å². The molecule has 16 heavy (non-hydrogen) atoms. The van der Waals surface area contributed by atoms with Gasteiger partial charge in [-0.2, -0.15) is 0 Å². The molecular formula is C14H25NO. The monoisotopic (exact) mass is 223 g/mol. The first-order valence-corrected chi connectivity index (χ1v) is 6.84. The molecule has 0 bridgehead atoms. The Balaban J connectivity index is 1.89. The van der Waals surface area contributed by atoms with Crippen molar-refractivity contribution in [3.8, 4) is 0 Å². The molecule has 2 nitrogen and oxygen atoms in total. The highest BCUT2D eigenvalue weighted by Crippen LogP contribution is 2.36. The molecule has 92 valence electrons. The Hall–Kier alpha value is -0.370. The SMILES string of the molecule is CC1CCC(C(=O)C(C)C2CNC2)CC1C. The Bertz CT molecular complexity index is 259. The van der Waals surface area contributed by atoms with Gasteiger partial charge < -0.3 is 5.32 Å². The van der Waals surface area contributed by atoms with Crippen molar-refractivity contribution in [1.29, 1.82) is 0 Å². The van der Waals surface area contributed by atoms with E-state index in [1.807, 2.05) is 0 Å². The minimum atomic E-state index is 0.284. The van der Waals surface area contributed by atoms with E-state index in [1.165, 1.54) is 6.42 Å². The molecule has 0 amide bonds. The van der Waals surface area contributed by atoms with E-state index in [0.717, 1.165) is 37.8 Å². The molecule has 2 rings (SSSR count). The van der Waals surface area contributed by atoms with Gasteiger partial charge in [-0.1, -0.05) is 20.8 Å². The fraction of sp³-hybridized carbons (Fsp3) is 0.929. The van der Waals surface area contributed by atoms with Crippen LogP contribution in [0.15, 0.2) is 0 Å². The van der Waals surface area contributed by atoms with Gasteiger partial charge in [0, 0.05) is 11.8 Å². The zero-order valence-corrected chi connectivity index (χ0v) is 10.8. The van der Waals surface area contributed by atoms with Gasteiger partial charge in [0.2, 0.25) is 0 Å². The van der Waals surface area contributed by atoms with Gasteiger partial charge in [0.15, 0.2) is 0 Å². The number of carbonyl (C=O) groups excluding carboxylic acids is 1. The number of Topliss-reactive ketones (excluding diaryl/α,β-unsaturated/α-hetero) is 1. The standard InChI is InChI=1S/C14H25NO/c1-9-4-5-12(6-10(9)2)14(16)11(3)13-7-15-8-13/h9-13,15H,4-8H2,1-3H3. The van der Waals surface area contributed by atoms with Crippen LogP contribution in [0, 0.1) is 29.6 Å². The molecule has 1 saturated heterocycles. The molecule has 1 saturated carbocycles. The summed E-state index contributed by atoms with van der Waals surface area (Å²) in [5, 5.41) is 3.26. The van der Waals surface area contributed by atoms with Crippen LogP contribution in [-0.4, -0.2) is 18.9 Å². The molecule has 1 N–H and O–H groups in total. The fourth-order valence-electron chi connectivity index (χ4n) is 3.07. The van der Waals surface area contributed by atoms with Crippen LogP contribution in [0.3, 0.4) is 0 Å². The Kier molecular flexibility index (Phi) is 3.68. The molecule has 2 heteroatoms. The quantitative estimate of drug-likeness (QED) is 0.796. The molecule has 2 fully saturated rings. The van der Waals surface area contributed by atoms with Crippen LogP contribution in [0.2, 0.25) is 0 Å². The molecule has 0 aromatic rings. The molecule has 0 aromatic heterocycles. The zero-order chi connectivity index (χ0) is 11.7. The van der Waals surface area contributed by atoms with Crippen molar-refractivity contribution < 1.29 is 4.79 Å². The number of nitrogens with one attached hydrogen (secondary N) is 1. The van der Waals surface area contributed by atoms with Crippen LogP contribution in [0.5, 0.6) is 0 Å². The summed E-state index contributed by atoms with van der Waals surface area (Å²) in [6, 6.07) is 0. The highest BCUT2D eigenvalue weighted by molar-refractivity contribution is 5.83. The van der Waals surface area contributed by atoms with Gasteiger partial charge >= 0.3 is 0 Å². The van der Waals surface area contributed by atoms with Gasteiger partial charge in [0.1, 0.15) is 5.78 Å². The van der Waals surface area contributed by atoms with E-state index in [1.54, 1.807) is 0 Å². The van der Waals surface area contributed by atoms with Crippen LogP contribution in [0.25, 0.3) is 0 Å². The summed E-state index contributed by atoms with van der Waals surface area (Å²) >= 11 is 0. The third kappa shape index (κ3) is 2.32. The van der Waals surface area contributed by atoms with E-state index >= 15 is 0 Å². The normalized spacial score (nSPS) is 37.8. The smallest absolute Gasteiger partial charge is 0.139 e. The van der Waals surface area contributed by atoms with Crippen molar-refractivity contribution in [3.05, 3.63) is 0 Å². The summed E-state index contributed by atoms with van der Waals surface area (Å²) in [6.07, 6.45) is 3.51. The molecule has 1 aliphatic carbocycles. The largest absolute Gasteiger partial charge is 0.316 e. The maximum atomic E-state index is 12.4. The van der Waals surface area contributed by atoms with Crippen molar-refractivity contribution in [2.45, 2.75) is 40.0 Å². The van der Waals surface area contributed by atoms with Crippen LogP contribution >= 0.6 is 0 Å². The second-order valence-electron chi connectivity index (χ2n) is 6.07. The Labute approximate surface area is 99.2 Å². The maximum absolute atomic E-state index is 12.4. The lowest BCUT2D eigenvalue weighted by molar-refractivity contribution is -0.130. The third-order valence-electron chi connectivity index (χ3n) is 4.97. The molecule has 2 aliphatic rings. The highest BCUT2D eigenvalue weighted by atomic mass is 16.1. The molecule has 1 aliphatic heterocycles.